The molecule has 2 aliphatic rings. The van der Waals surface area contributed by atoms with Gasteiger partial charge >= 0.3 is 6.09 Å². The zero-order valence-electron chi connectivity index (χ0n) is 24.1. The molecule has 1 N–H and O–H groups in total. The normalized spacial score (nSPS) is 27.2. The number of hydrogen-bond donors (Lipinski definition) is 1. The Morgan fingerprint density at radius 2 is 1.86 bits per heavy atom. The third-order valence-corrected chi connectivity index (χ3v) is 4.19. The molecule has 0 bridgehead atoms. The van der Waals surface area contributed by atoms with E-state index in [4.69, 9.17) is 27.3 Å². The average Bonchev–Trinajstić information content (AvgIpc) is 2.87. The molecular formula is C22H25ClN4O2. The molecule has 2 heterocycles. The predicted molar refractivity (Wildman–Crippen MR) is 117 cm³/mol. The highest BCUT2D eigenvalue weighted by Gasteiger charge is 2.29. The molecule has 0 atom stereocenters. The van der Waals surface area contributed by atoms with Crippen molar-refractivity contribution < 1.29 is 20.5 Å². The SMILES string of the molecule is [2H]C1([2H])N(C(=O)OC(C)(C)C)C([2H])([2H])C([2H])([2H])N(C2=Nc3cc(Cl)ccc3Nc3ccccc32)C1([2H])[2H]. The number of rotatable bonds is 0. The van der Waals surface area contributed by atoms with E-state index in [0.29, 0.717) is 21.3 Å². The number of nitrogens with zero attached hydrogens (tertiary/aromatic N) is 3. The van der Waals surface area contributed by atoms with E-state index in [1.54, 1.807) is 30.3 Å². The van der Waals surface area contributed by atoms with E-state index in [0.717, 1.165) is 0 Å². The summed E-state index contributed by atoms with van der Waals surface area (Å²) >= 11 is 6.15. The molecule has 2 aromatic carbocycles. The molecular weight excluding hydrogens is 388 g/mol. The number of amidine groups is 1. The zero-order chi connectivity index (χ0) is 27.8. The first-order valence-electron chi connectivity index (χ1n) is 12.9. The monoisotopic (exact) mass is 420 g/mol. The van der Waals surface area contributed by atoms with Crippen LogP contribution in [0.5, 0.6) is 0 Å². The number of aliphatic imine (C=N–C) groups is 1. The second-order valence-corrected chi connectivity index (χ2v) is 7.80. The van der Waals surface area contributed by atoms with Gasteiger partial charge < -0.3 is 19.9 Å². The van der Waals surface area contributed by atoms with Gasteiger partial charge in [-0.05, 0) is 51.1 Å². The summed E-state index contributed by atoms with van der Waals surface area (Å²) in [5.41, 5.74) is 0.0514. The van der Waals surface area contributed by atoms with Crippen molar-refractivity contribution in [3.8, 4) is 0 Å². The maximum Gasteiger partial charge on any atom is 0.410 e. The summed E-state index contributed by atoms with van der Waals surface area (Å²) in [5.74, 6) is -0.393. The Balaban J connectivity index is 1.99. The van der Waals surface area contributed by atoms with Crippen LogP contribution in [0.15, 0.2) is 47.5 Å². The molecule has 0 unspecified atom stereocenters. The average molecular weight is 421 g/mol. The topological polar surface area (TPSA) is 57.2 Å². The third-order valence-electron chi connectivity index (χ3n) is 3.96. The van der Waals surface area contributed by atoms with E-state index < -0.39 is 43.5 Å². The van der Waals surface area contributed by atoms with Crippen molar-refractivity contribution >= 4 is 40.6 Å². The summed E-state index contributed by atoms with van der Waals surface area (Å²) in [5, 5.41) is 3.42. The number of benzene rings is 2. The molecule has 29 heavy (non-hydrogen) atoms. The molecule has 1 saturated heterocycles. The van der Waals surface area contributed by atoms with Crippen LogP contribution >= 0.6 is 11.6 Å². The fraction of sp³-hybridized carbons (Fsp3) is 0.364. The molecule has 0 aromatic heterocycles. The van der Waals surface area contributed by atoms with Gasteiger partial charge in [0.1, 0.15) is 11.4 Å². The van der Waals surface area contributed by atoms with Gasteiger partial charge in [0.25, 0.3) is 0 Å². The van der Waals surface area contributed by atoms with Crippen molar-refractivity contribution in [2.45, 2.75) is 26.4 Å². The lowest BCUT2D eigenvalue weighted by atomic mass is 10.1. The van der Waals surface area contributed by atoms with Gasteiger partial charge in [-0.15, -0.1) is 0 Å². The number of halogens is 1. The first-order chi connectivity index (χ1) is 16.8. The highest BCUT2D eigenvalue weighted by atomic mass is 35.5. The molecule has 7 heteroatoms. The molecule has 4 rings (SSSR count). The lowest BCUT2D eigenvalue weighted by Gasteiger charge is -2.37. The highest BCUT2D eigenvalue weighted by molar-refractivity contribution is 6.31. The van der Waals surface area contributed by atoms with Crippen molar-refractivity contribution in [2.75, 3.05) is 31.3 Å². The number of nitrogens with one attached hydrogen (secondary N) is 1. The predicted octanol–water partition coefficient (Wildman–Crippen LogP) is 5.03. The minimum absolute atomic E-state index is 0.145. The van der Waals surface area contributed by atoms with Crippen LogP contribution in [0.25, 0.3) is 0 Å². The van der Waals surface area contributed by atoms with E-state index in [2.05, 4.69) is 10.3 Å². The number of carbonyl (C=O) groups is 1. The molecule has 0 saturated carbocycles. The van der Waals surface area contributed by atoms with Gasteiger partial charge in [0, 0.05) is 42.3 Å². The Labute approximate surface area is 187 Å². The van der Waals surface area contributed by atoms with Crippen molar-refractivity contribution in [1.82, 2.24) is 9.80 Å². The lowest BCUT2D eigenvalue weighted by Crippen LogP contribution is -2.51. The number of ether oxygens (including phenoxy) is 1. The van der Waals surface area contributed by atoms with E-state index in [1.807, 2.05) is 0 Å². The fourth-order valence-electron chi connectivity index (χ4n) is 2.74. The molecule has 152 valence electrons. The van der Waals surface area contributed by atoms with Crippen molar-refractivity contribution in [1.29, 1.82) is 0 Å². The minimum atomic E-state index is -3.42. The number of piperazine rings is 1. The number of carbonyl (C=O) groups excluding carboxylic acids is 1. The van der Waals surface area contributed by atoms with Crippen molar-refractivity contribution in [2.24, 2.45) is 4.99 Å². The summed E-state index contributed by atoms with van der Waals surface area (Å²) < 4.78 is 74.7. The molecule has 1 fully saturated rings. The second-order valence-electron chi connectivity index (χ2n) is 7.37. The number of fused-ring (bicyclic) bond motifs is 2. The molecule has 0 aliphatic carbocycles. The van der Waals surface area contributed by atoms with Gasteiger partial charge in [0.2, 0.25) is 0 Å². The molecule has 0 spiro atoms. The lowest BCUT2D eigenvalue weighted by molar-refractivity contribution is 0.0187. The van der Waals surface area contributed by atoms with Crippen LogP contribution in [0.4, 0.5) is 21.9 Å². The molecule has 2 aliphatic heterocycles. The van der Waals surface area contributed by atoms with Crippen LogP contribution in [0.2, 0.25) is 5.02 Å². The Bertz CT molecular complexity index is 1270. The van der Waals surface area contributed by atoms with E-state index in [-0.39, 0.29) is 16.2 Å². The fourth-order valence-corrected chi connectivity index (χ4v) is 2.91. The Morgan fingerprint density at radius 3 is 2.59 bits per heavy atom. The Morgan fingerprint density at radius 1 is 1.14 bits per heavy atom. The standard InChI is InChI=1S/C22H25ClN4O2/c1-22(2,3)29-21(28)27-12-10-26(11-13-27)20-16-6-4-5-7-17(16)24-18-9-8-15(23)14-19(18)25-20/h4-9,14,24H,10-13H2,1-3H3/i10D2,11D2,12D2,13D2. The molecule has 0 radical (unpaired) electrons. The van der Waals surface area contributed by atoms with E-state index in [9.17, 15) is 4.79 Å². The van der Waals surface area contributed by atoms with Crippen LogP contribution in [0.3, 0.4) is 0 Å². The molecule has 2 aromatic rings. The van der Waals surface area contributed by atoms with E-state index in [1.165, 1.54) is 32.9 Å². The first kappa shape index (κ1) is 12.1. The summed E-state index contributed by atoms with van der Waals surface area (Å²) in [7, 11) is 0. The first-order valence-corrected chi connectivity index (χ1v) is 9.28. The van der Waals surface area contributed by atoms with Gasteiger partial charge in [-0.3, -0.25) is 0 Å². The number of para-hydroxylation sites is 1. The van der Waals surface area contributed by atoms with Crippen molar-refractivity contribution in [3.63, 3.8) is 0 Å². The van der Waals surface area contributed by atoms with Gasteiger partial charge in [-0.2, -0.15) is 0 Å². The van der Waals surface area contributed by atoms with Gasteiger partial charge in [0.05, 0.1) is 22.3 Å². The van der Waals surface area contributed by atoms with Crippen LogP contribution in [0, 0.1) is 0 Å². The number of amides is 1. The van der Waals surface area contributed by atoms with Gasteiger partial charge in [-0.1, -0.05) is 23.7 Å². The van der Waals surface area contributed by atoms with Crippen molar-refractivity contribution in [3.05, 3.63) is 53.1 Å². The van der Waals surface area contributed by atoms with Gasteiger partial charge in [-0.25, -0.2) is 9.79 Å². The maximum absolute atomic E-state index is 13.0. The summed E-state index contributed by atoms with van der Waals surface area (Å²) in [6.07, 6.45) is -1.54. The maximum atomic E-state index is 13.0. The number of anilines is 2. The Kier molecular flexibility index (Phi) is 3.16. The zero-order valence-corrected chi connectivity index (χ0v) is 16.8. The van der Waals surface area contributed by atoms with Crippen LogP contribution in [-0.2, 0) is 4.74 Å². The molecule has 1 amide bonds. The second kappa shape index (κ2) is 7.59. The van der Waals surface area contributed by atoms with E-state index >= 15 is 0 Å². The summed E-state index contributed by atoms with van der Waals surface area (Å²) in [4.78, 5) is 17.6. The highest BCUT2D eigenvalue weighted by Crippen LogP contribution is 2.36. The number of hydrogen-bond acceptors (Lipinski definition) is 5. The quantitative estimate of drug-likeness (QED) is 0.649. The summed E-state index contributed by atoms with van der Waals surface area (Å²) in [6, 6.07) is 11.1. The van der Waals surface area contributed by atoms with Crippen LogP contribution in [-0.4, -0.2) is 53.3 Å². The molecule has 6 nitrogen and oxygen atoms in total. The van der Waals surface area contributed by atoms with Crippen LogP contribution in [0.1, 0.15) is 37.3 Å². The van der Waals surface area contributed by atoms with Gasteiger partial charge in [0.15, 0.2) is 0 Å². The minimum Gasteiger partial charge on any atom is -0.444 e. The Hall–Kier alpha value is -2.73. The summed E-state index contributed by atoms with van der Waals surface area (Å²) in [6.45, 7) is -9.09. The third kappa shape index (κ3) is 4.32. The largest absolute Gasteiger partial charge is 0.444 e. The smallest absolute Gasteiger partial charge is 0.410 e. The van der Waals surface area contributed by atoms with Crippen LogP contribution < -0.4 is 5.32 Å².